The summed E-state index contributed by atoms with van der Waals surface area (Å²) in [6.07, 6.45) is 0. The van der Waals surface area contributed by atoms with E-state index in [0.717, 1.165) is 17.1 Å². The molecule has 0 heterocycles. The molecule has 0 aromatic heterocycles. The third kappa shape index (κ3) is 9.31. The van der Waals surface area contributed by atoms with Gasteiger partial charge in [0.25, 0.3) is 0 Å². The van der Waals surface area contributed by atoms with Gasteiger partial charge in [-0.05, 0) is 83.3 Å². The third-order valence-corrected chi connectivity index (χ3v) is 7.65. The summed E-state index contributed by atoms with van der Waals surface area (Å²) in [5.74, 6) is 0. The molecule has 0 saturated heterocycles. The van der Waals surface area contributed by atoms with Gasteiger partial charge >= 0.3 is 0 Å². The average molecular weight is 614 g/mol. The van der Waals surface area contributed by atoms with Gasteiger partial charge in [-0.3, -0.25) is 0 Å². The van der Waals surface area contributed by atoms with Crippen LogP contribution in [-0.4, -0.2) is 0 Å². The largest absolute Gasteiger partial charge is 0.310 e. The van der Waals surface area contributed by atoms with Crippen molar-refractivity contribution in [2.45, 2.75) is 41.5 Å². The molecule has 0 N–H and O–H groups in total. The molecule has 0 fully saturated rings. The number of hydrogen-bond donors (Lipinski definition) is 0. The Bertz CT molecular complexity index is 1910. The molecule has 0 radical (unpaired) electrons. The molecule has 47 heavy (non-hydrogen) atoms. The predicted molar refractivity (Wildman–Crippen MR) is 208 cm³/mol. The molecule has 0 amide bonds. The van der Waals surface area contributed by atoms with Crippen molar-refractivity contribution in [3.8, 4) is 22.3 Å². The van der Waals surface area contributed by atoms with Crippen molar-refractivity contribution in [2.75, 3.05) is 4.90 Å². The van der Waals surface area contributed by atoms with Crippen molar-refractivity contribution in [1.82, 2.24) is 0 Å². The van der Waals surface area contributed by atoms with Crippen LogP contribution in [0.3, 0.4) is 0 Å². The molecule has 1 heteroatoms. The summed E-state index contributed by atoms with van der Waals surface area (Å²) in [5, 5.41) is 2.48. The highest BCUT2D eigenvalue weighted by Gasteiger charge is 2.14. The van der Waals surface area contributed by atoms with Crippen LogP contribution in [-0.2, 0) is 0 Å². The molecule has 7 aromatic carbocycles. The van der Waals surface area contributed by atoms with Crippen molar-refractivity contribution in [2.24, 2.45) is 0 Å². The monoisotopic (exact) mass is 613 g/mol. The zero-order valence-corrected chi connectivity index (χ0v) is 28.7. The van der Waals surface area contributed by atoms with Gasteiger partial charge in [-0.25, -0.2) is 0 Å². The van der Waals surface area contributed by atoms with Crippen LogP contribution >= 0.6 is 0 Å². The van der Waals surface area contributed by atoms with Crippen molar-refractivity contribution in [3.05, 3.63) is 187 Å². The number of nitrogens with zero attached hydrogens (tertiary/aromatic N) is 1. The predicted octanol–water partition coefficient (Wildman–Crippen LogP) is 14.0. The van der Waals surface area contributed by atoms with E-state index in [1.807, 2.05) is 45.9 Å². The molecule has 0 saturated carbocycles. The Kier molecular flexibility index (Phi) is 13.1. The van der Waals surface area contributed by atoms with Gasteiger partial charge in [0.15, 0.2) is 0 Å². The van der Waals surface area contributed by atoms with Gasteiger partial charge in [0.2, 0.25) is 0 Å². The number of benzene rings is 7. The van der Waals surface area contributed by atoms with E-state index >= 15 is 0 Å². The van der Waals surface area contributed by atoms with Gasteiger partial charge in [0.1, 0.15) is 0 Å². The van der Waals surface area contributed by atoms with Gasteiger partial charge in [-0.2, -0.15) is 0 Å². The van der Waals surface area contributed by atoms with E-state index in [0.29, 0.717) is 0 Å². The molecule has 7 aromatic rings. The van der Waals surface area contributed by atoms with Gasteiger partial charge < -0.3 is 4.90 Å². The SMILES string of the molecule is CC.CC.Cc1ccc(-c2ccc(N(c3cccc(-c4ccccc4)c3)c3ccc4ccccc4c3)cc2)cc1.Cc1ccccc1. The summed E-state index contributed by atoms with van der Waals surface area (Å²) in [4.78, 5) is 2.35. The molecular formula is C46H47N. The first kappa shape index (κ1) is 34.5. The van der Waals surface area contributed by atoms with E-state index in [2.05, 4.69) is 176 Å². The lowest BCUT2D eigenvalue weighted by Crippen LogP contribution is -2.10. The van der Waals surface area contributed by atoms with Crippen LogP contribution in [0.5, 0.6) is 0 Å². The van der Waals surface area contributed by atoms with E-state index in [-0.39, 0.29) is 0 Å². The Hall–Kier alpha value is -5.40. The summed E-state index contributed by atoms with van der Waals surface area (Å²) in [5.41, 5.74) is 10.9. The van der Waals surface area contributed by atoms with E-state index < -0.39 is 0 Å². The second kappa shape index (κ2) is 17.9. The normalized spacial score (nSPS) is 9.91. The minimum Gasteiger partial charge on any atom is -0.310 e. The third-order valence-electron chi connectivity index (χ3n) is 7.65. The fraction of sp³-hybridized carbons (Fsp3) is 0.130. The Morgan fingerprint density at radius 3 is 1.34 bits per heavy atom. The zero-order chi connectivity index (χ0) is 33.4. The van der Waals surface area contributed by atoms with Crippen molar-refractivity contribution < 1.29 is 0 Å². The molecule has 7 rings (SSSR count). The van der Waals surface area contributed by atoms with E-state index in [4.69, 9.17) is 0 Å². The molecule has 0 spiro atoms. The van der Waals surface area contributed by atoms with Crippen LogP contribution in [0.2, 0.25) is 0 Å². The number of aryl methyl sites for hydroxylation is 2. The summed E-state index contributed by atoms with van der Waals surface area (Å²) in [7, 11) is 0. The second-order valence-corrected chi connectivity index (χ2v) is 10.9. The first-order valence-electron chi connectivity index (χ1n) is 16.8. The Morgan fingerprint density at radius 2 is 0.745 bits per heavy atom. The van der Waals surface area contributed by atoms with Crippen LogP contribution < -0.4 is 4.90 Å². The van der Waals surface area contributed by atoms with Crippen molar-refractivity contribution in [3.63, 3.8) is 0 Å². The van der Waals surface area contributed by atoms with Crippen molar-refractivity contribution in [1.29, 1.82) is 0 Å². The lowest BCUT2D eigenvalue weighted by Gasteiger charge is -2.26. The fourth-order valence-corrected chi connectivity index (χ4v) is 5.30. The van der Waals surface area contributed by atoms with E-state index in [9.17, 15) is 0 Å². The molecule has 0 atom stereocenters. The standard InChI is InChI=1S/C35H27N.C7H8.2C2H6/c1-26-14-16-29(17-15-26)30-18-21-33(22-19-30)36(35-23-20-28-10-5-6-11-31(28)25-35)34-13-7-12-32(24-34)27-8-3-2-4-9-27;1-7-5-3-2-4-6-7;2*1-2/h2-25H,1H3;2-6H,1H3;2*1-2H3. The van der Waals surface area contributed by atoms with Crippen molar-refractivity contribution >= 4 is 27.8 Å². The maximum absolute atomic E-state index is 2.35. The van der Waals surface area contributed by atoms with Gasteiger partial charge in [0, 0.05) is 17.1 Å². The quantitative estimate of drug-likeness (QED) is 0.187. The minimum absolute atomic E-state index is 1.13. The number of rotatable bonds is 5. The van der Waals surface area contributed by atoms with E-state index in [1.165, 1.54) is 44.2 Å². The molecule has 0 aliphatic heterocycles. The molecule has 0 aliphatic carbocycles. The van der Waals surface area contributed by atoms with Crippen LogP contribution in [0.15, 0.2) is 176 Å². The highest BCUT2D eigenvalue weighted by Crippen LogP contribution is 2.38. The molecular weight excluding hydrogens is 567 g/mol. The minimum atomic E-state index is 1.13. The maximum atomic E-state index is 2.35. The lowest BCUT2D eigenvalue weighted by atomic mass is 10.0. The summed E-state index contributed by atoms with van der Waals surface area (Å²) in [6.45, 7) is 12.2. The van der Waals surface area contributed by atoms with E-state index in [1.54, 1.807) is 0 Å². The molecule has 1 nitrogen and oxygen atoms in total. The fourth-order valence-electron chi connectivity index (χ4n) is 5.30. The van der Waals surface area contributed by atoms with Crippen LogP contribution in [0.4, 0.5) is 17.1 Å². The smallest absolute Gasteiger partial charge is 0.0468 e. The van der Waals surface area contributed by atoms with Crippen LogP contribution in [0.25, 0.3) is 33.0 Å². The topological polar surface area (TPSA) is 3.24 Å². The molecule has 0 unspecified atom stereocenters. The lowest BCUT2D eigenvalue weighted by molar-refractivity contribution is 1.29. The number of fused-ring (bicyclic) bond motifs is 1. The summed E-state index contributed by atoms with van der Waals surface area (Å²) < 4.78 is 0. The summed E-state index contributed by atoms with van der Waals surface area (Å²) >= 11 is 0. The number of anilines is 3. The Balaban J connectivity index is 0.000000395. The van der Waals surface area contributed by atoms with Gasteiger partial charge in [-0.15, -0.1) is 0 Å². The molecule has 236 valence electrons. The van der Waals surface area contributed by atoms with Crippen LogP contribution in [0, 0.1) is 13.8 Å². The zero-order valence-electron chi connectivity index (χ0n) is 28.7. The summed E-state index contributed by atoms with van der Waals surface area (Å²) in [6, 6.07) is 62.4. The second-order valence-electron chi connectivity index (χ2n) is 10.9. The highest BCUT2D eigenvalue weighted by atomic mass is 15.1. The first-order chi connectivity index (χ1) is 23.1. The number of hydrogen-bond acceptors (Lipinski definition) is 1. The Labute approximate surface area is 282 Å². The molecule has 0 bridgehead atoms. The van der Waals surface area contributed by atoms with Crippen LogP contribution in [0.1, 0.15) is 38.8 Å². The maximum Gasteiger partial charge on any atom is 0.0468 e. The average Bonchev–Trinajstić information content (AvgIpc) is 3.15. The van der Waals surface area contributed by atoms with Gasteiger partial charge in [-0.1, -0.05) is 178 Å². The first-order valence-corrected chi connectivity index (χ1v) is 16.8. The highest BCUT2D eigenvalue weighted by molar-refractivity contribution is 5.90. The van der Waals surface area contributed by atoms with Gasteiger partial charge in [0.05, 0.1) is 0 Å². The molecule has 0 aliphatic rings. The Morgan fingerprint density at radius 1 is 0.298 bits per heavy atom.